The second kappa shape index (κ2) is 23.2. The van der Waals surface area contributed by atoms with Gasteiger partial charge in [-0.1, -0.05) is 206 Å². The lowest BCUT2D eigenvalue weighted by molar-refractivity contribution is -0.325. The van der Waals surface area contributed by atoms with Gasteiger partial charge in [-0.2, -0.15) is 0 Å². The molecule has 3 aliphatic heterocycles. The summed E-state index contributed by atoms with van der Waals surface area (Å²) in [4.78, 5) is 3.43. The topological polar surface area (TPSA) is 132 Å². The molecule has 73 heavy (non-hydrogen) atoms. The van der Waals surface area contributed by atoms with Crippen molar-refractivity contribution in [3.05, 3.63) is 220 Å². The van der Waals surface area contributed by atoms with Crippen LogP contribution in [-0.4, -0.2) is 82.9 Å². The zero-order valence-corrected chi connectivity index (χ0v) is 43.7. The maximum absolute atomic E-state index is 10.5. The summed E-state index contributed by atoms with van der Waals surface area (Å²) in [6.45, 7) is 7.68. The monoisotopic (exact) mass is 1060 g/mol. The lowest BCUT2D eigenvalue weighted by Gasteiger charge is -2.49. The molecule has 0 spiro atoms. The van der Waals surface area contributed by atoms with E-state index in [1.54, 1.807) is 0 Å². The zero-order valence-electron chi connectivity index (χ0n) is 41.1. The fourth-order valence-electron chi connectivity index (χ4n) is 10.3. The Labute approximate surface area is 436 Å². The normalized spacial score (nSPS) is 25.0. The van der Waals surface area contributed by atoms with E-state index in [1.165, 1.54) is 0 Å². The van der Waals surface area contributed by atoms with Crippen molar-refractivity contribution in [2.45, 2.75) is 107 Å². The maximum atomic E-state index is 10.5. The summed E-state index contributed by atoms with van der Waals surface area (Å²) in [7, 11) is -3.17. The third-order valence-corrected chi connectivity index (χ3v) is 19.4. The number of nitrogens with zero attached hydrogens (tertiary/aromatic N) is 3. The van der Waals surface area contributed by atoms with Gasteiger partial charge in [0, 0.05) is 9.38 Å². The van der Waals surface area contributed by atoms with Crippen LogP contribution < -0.4 is 15.1 Å². The Bertz CT molecular complexity index is 2880. The average molecular weight is 1060 g/mol. The highest BCUT2D eigenvalue weighted by Crippen LogP contribution is 2.41. The molecule has 12 nitrogen and oxygen atoms in total. The summed E-state index contributed by atoms with van der Waals surface area (Å²) in [6.07, 6.45) is -7.47. The van der Waals surface area contributed by atoms with Crippen molar-refractivity contribution in [2.75, 3.05) is 13.2 Å². The highest BCUT2D eigenvalue weighted by atomic mass is 79.9. The minimum atomic E-state index is -3.17. The van der Waals surface area contributed by atoms with E-state index >= 15 is 0 Å². The molecule has 0 aliphatic carbocycles. The molecule has 3 aliphatic rings. The molecular formula is C59H60BrN3O9Si. The Kier molecular flexibility index (Phi) is 16.2. The van der Waals surface area contributed by atoms with Crippen LogP contribution >= 0.6 is 15.9 Å². The number of azide groups is 1. The number of fused-ring (bicyclic) bond motifs is 3. The Hall–Kier alpha value is -5.71. The van der Waals surface area contributed by atoms with Crippen LogP contribution in [0.1, 0.15) is 37.5 Å². The van der Waals surface area contributed by atoms with Crippen LogP contribution in [0.4, 0.5) is 0 Å². The fraction of sp³-hybridized carbons (Fsp3) is 0.322. The van der Waals surface area contributed by atoms with Crippen LogP contribution in [0.15, 0.2) is 198 Å². The SMILES string of the molecule is CC(C)(C)[Si](OC[C@H]1O[C@H](O[C@H]2[C@H](OCc3ccccc3)[C@@H](OCc3ccccc3)[C@H]3OC[C@@H]2O3)[C@H](N=[N+]=[N-])[C@@H](OCc2ccc(Br)cc2)[C@@H]1Oc1ccc2ccccc2c1)(c1ccccc1)c1ccccc1. The molecule has 0 N–H and O–H groups in total. The maximum Gasteiger partial charge on any atom is 0.261 e. The van der Waals surface area contributed by atoms with Crippen LogP contribution in [0.2, 0.25) is 5.04 Å². The van der Waals surface area contributed by atoms with Crippen LogP contribution in [-0.2, 0) is 57.4 Å². The Morgan fingerprint density at radius 3 is 1.75 bits per heavy atom. The van der Waals surface area contributed by atoms with E-state index in [0.717, 1.165) is 42.3 Å². The van der Waals surface area contributed by atoms with Crippen LogP contribution in [0.25, 0.3) is 21.2 Å². The van der Waals surface area contributed by atoms with Crippen molar-refractivity contribution < 1.29 is 42.3 Å². The zero-order chi connectivity index (χ0) is 50.2. The first-order valence-corrected chi connectivity index (χ1v) is 27.6. The van der Waals surface area contributed by atoms with Gasteiger partial charge in [-0.25, -0.2) is 0 Å². The number of rotatable bonds is 19. The largest absolute Gasteiger partial charge is 0.485 e. The van der Waals surface area contributed by atoms with E-state index in [-0.39, 0.29) is 38.1 Å². The lowest BCUT2D eigenvalue weighted by atomic mass is 9.95. The first-order chi connectivity index (χ1) is 35.7. The quantitative estimate of drug-likeness (QED) is 0.0336. The van der Waals surface area contributed by atoms with Crippen molar-refractivity contribution in [1.82, 2.24) is 0 Å². The molecule has 3 heterocycles. The summed E-state index contributed by atoms with van der Waals surface area (Å²) in [5, 5.41) is 8.38. The summed E-state index contributed by atoms with van der Waals surface area (Å²) in [6, 6.07) is 61.8. The number of benzene rings is 7. The Balaban J connectivity index is 1.07. The number of ether oxygens (including phenoxy) is 8. The van der Waals surface area contributed by atoms with Gasteiger partial charge in [0.2, 0.25) is 0 Å². The Morgan fingerprint density at radius 2 is 1.15 bits per heavy atom. The molecule has 0 saturated carbocycles. The third-order valence-electron chi connectivity index (χ3n) is 13.9. The Morgan fingerprint density at radius 1 is 0.603 bits per heavy atom. The summed E-state index contributed by atoms with van der Waals surface area (Å²) >= 11 is 3.58. The molecule has 3 fully saturated rings. The molecule has 0 aromatic heterocycles. The predicted octanol–water partition coefficient (Wildman–Crippen LogP) is 11.2. The predicted molar refractivity (Wildman–Crippen MR) is 286 cm³/mol. The number of hydrogen-bond acceptors (Lipinski definition) is 10. The molecule has 10 rings (SSSR count). The van der Waals surface area contributed by atoms with E-state index in [4.69, 9.17) is 42.3 Å². The fourth-order valence-corrected chi connectivity index (χ4v) is 15.2. The van der Waals surface area contributed by atoms with E-state index < -0.39 is 69.7 Å². The second-order valence-electron chi connectivity index (χ2n) is 19.7. The standard InChI is InChI=1S/C59H60BrN3O9Si/c1-59(2,3)73(47-24-12-6-13-25-47,48-26-14-7-15-27-48)68-39-50-52(69-46-33-30-43-22-16-17-23-44(43)34-46)54(64-37-42-28-31-45(60)32-29-42)51(62-63-61)57(70-50)72-53-49-38-67-58(71-49)56(66-36-41-20-10-5-11-21-41)55(53)65-35-40-18-8-4-9-19-40/h4-34,49-58H,35-39H2,1-3H3/t49-,50+,51+,52+,53+,54+,55-,56+,57+,58-/m0/s1. The number of hydrogen-bond donors (Lipinski definition) is 0. The van der Waals surface area contributed by atoms with Crippen LogP contribution in [0, 0.1) is 0 Å². The molecule has 0 radical (unpaired) electrons. The molecule has 7 aromatic rings. The minimum Gasteiger partial charge on any atom is -0.485 e. The van der Waals surface area contributed by atoms with E-state index in [1.807, 2.05) is 133 Å². The van der Waals surface area contributed by atoms with Gasteiger partial charge in [-0.05, 0) is 72.7 Å². The van der Waals surface area contributed by atoms with Crippen molar-refractivity contribution in [3.8, 4) is 5.75 Å². The molecule has 0 unspecified atom stereocenters. The van der Waals surface area contributed by atoms with Crippen LogP contribution in [0.5, 0.6) is 5.75 Å². The van der Waals surface area contributed by atoms with Gasteiger partial charge in [0.15, 0.2) is 18.7 Å². The van der Waals surface area contributed by atoms with E-state index in [0.29, 0.717) is 5.75 Å². The van der Waals surface area contributed by atoms with Gasteiger partial charge in [0.05, 0.1) is 33.0 Å². The minimum absolute atomic E-state index is 0.0546. The van der Waals surface area contributed by atoms with Gasteiger partial charge in [-0.15, -0.1) is 0 Å². The van der Waals surface area contributed by atoms with Crippen molar-refractivity contribution in [3.63, 3.8) is 0 Å². The number of halogens is 1. The summed E-state index contributed by atoms with van der Waals surface area (Å²) in [5.41, 5.74) is 13.4. The van der Waals surface area contributed by atoms with Crippen molar-refractivity contribution >= 4 is 45.4 Å². The molecule has 10 atom stereocenters. The highest BCUT2D eigenvalue weighted by Gasteiger charge is 2.58. The first-order valence-electron chi connectivity index (χ1n) is 24.9. The van der Waals surface area contributed by atoms with Gasteiger partial charge in [0.1, 0.15) is 48.4 Å². The highest BCUT2D eigenvalue weighted by molar-refractivity contribution is 9.10. The van der Waals surface area contributed by atoms with Crippen molar-refractivity contribution in [1.29, 1.82) is 0 Å². The smallest absolute Gasteiger partial charge is 0.261 e. The summed E-state index contributed by atoms with van der Waals surface area (Å²) in [5.74, 6) is 0.585. The van der Waals surface area contributed by atoms with E-state index in [2.05, 4.69) is 101 Å². The molecule has 7 aromatic carbocycles. The van der Waals surface area contributed by atoms with Crippen LogP contribution in [0.3, 0.4) is 0 Å². The lowest BCUT2D eigenvalue weighted by Crippen LogP contribution is -2.69. The molecule has 2 bridgehead atoms. The second-order valence-corrected chi connectivity index (χ2v) is 24.9. The average Bonchev–Trinajstić information content (AvgIpc) is 3.86. The van der Waals surface area contributed by atoms with Gasteiger partial charge < -0.3 is 42.3 Å². The van der Waals surface area contributed by atoms with Gasteiger partial charge in [-0.3, -0.25) is 0 Å². The molecule has 376 valence electrons. The third kappa shape index (κ3) is 11.5. The van der Waals surface area contributed by atoms with E-state index in [9.17, 15) is 5.53 Å². The molecule has 14 heteroatoms. The first kappa shape index (κ1) is 50.8. The van der Waals surface area contributed by atoms with Gasteiger partial charge >= 0.3 is 0 Å². The molecule has 0 amide bonds. The van der Waals surface area contributed by atoms with Gasteiger partial charge in [0.25, 0.3) is 8.32 Å². The molecular weight excluding hydrogens is 1000 g/mol. The molecule has 3 saturated heterocycles. The summed E-state index contributed by atoms with van der Waals surface area (Å²) < 4.78 is 63.9. The van der Waals surface area contributed by atoms with Crippen molar-refractivity contribution in [2.24, 2.45) is 5.11 Å².